The number of nitrogens with zero attached hydrogens (tertiary/aromatic N) is 3. The van der Waals surface area contributed by atoms with E-state index in [1.54, 1.807) is 0 Å². The van der Waals surface area contributed by atoms with E-state index in [1.165, 1.54) is 4.90 Å². The molecule has 1 aliphatic heterocycles. The minimum absolute atomic E-state index is 0.103. The number of pyridine rings is 2. The van der Waals surface area contributed by atoms with Crippen LogP contribution in [0.4, 0.5) is 24.7 Å². The van der Waals surface area contributed by atoms with Gasteiger partial charge in [0.1, 0.15) is 5.82 Å². The van der Waals surface area contributed by atoms with Crippen LogP contribution in [0.1, 0.15) is 0 Å². The minimum Gasteiger partial charge on any atom is -0.503 e. The largest absolute Gasteiger partial charge is 0.503 e. The molecule has 0 radical (unpaired) electrons. The standard InChI is InChI=1S/C17H12ClF3N4O3/c18-12-13-7(1-8(19)14(12)24-3-6(26)4-24)15(28)11(27)5-25(13)17-10(21)2-9(20)16(22)23-17/h1-2,5-6,26-27H,3-4H2,(H2,22,23). The molecule has 0 unspecified atom stereocenters. The Hall–Kier alpha value is -2.98. The number of nitrogens with two attached hydrogens (primary N) is 1. The van der Waals surface area contributed by atoms with Crippen molar-refractivity contribution in [1.82, 2.24) is 9.55 Å². The fraction of sp³-hybridized carbons (Fsp3) is 0.176. The summed E-state index contributed by atoms with van der Waals surface area (Å²) in [6, 6.07) is 1.34. The Labute approximate surface area is 160 Å². The third kappa shape index (κ3) is 2.64. The highest BCUT2D eigenvalue weighted by Crippen LogP contribution is 2.39. The van der Waals surface area contributed by atoms with Gasteiger partial charge in [-0.05, 0) is 6.07 Å². The van der Waals surface area contributed by atoms with Gasteiger partial charge in [-0.1, -0.05) is 11.6 Å². The first kappa shape index (κ1) is 18.4. The summed E-state index contributed by atoms with van der Waals surface area (Å²) in [6.07, 6.45) is 0.176. The average molecular weight is 413 g/mol. The maximum atomic E-state index is 14.6. The lowest BCUT2D eigenvalue weighted by molar-refractivity contribution is 0.141. The van der Waals surface area contributed by atoms with E-state index in [0.29, 0.717) is 6.07 Å². The predicted octanol–water partition coefficient (Wildman–Crippen LogP) is 1.93. The van der Waals surface area contributed by atoms with Crippen molar-refractivity contribution in [3.8, 4) is 11.6 Å². The number of hydrogen-bond acceptors (Lipinski definition) is 6. The van der Waals surface area contributed by atoms with Gasteiger partial charge in [0.05, 0.1) is 33.9 Å². The Bertz CT molecular complexity index is 1190. The Morgan fingerprint density at radius 2 is 1.86 bits per heavy atom. The average Bonchev–Trinajstić information content (AvgIpc) is 2.60. The van der Waals surface area contributed by atoms with Gasteiger partial charge in [0.25, 0.3) is 0 Å². The lowest BCUT2D eigenvalue weighted by atomic mass is 10.1. The maximum Gasteiger partial charge on any atom is 0.231 e. The molecule has 146 valence electrons. The first-order valence-electron chi connectivity index (χ1n) is 8.00. The van der Waals surface area contributed by atoms with Crippen molar-refractivity contribution in [2.75, 3.05) is 23.7 Å². The van der Waals surface area contributed by atoms with Crippen LogP contribution < -0.4 is 16.1 Å². The summed E-state index contributed by atoms with van der Waals surface area (Å²) in [5, 5.41) is 18.8. The number of aromatic hydroxyl groups is 1. The summed E-state index contributed by atoms with van der Waals surface area (Å²) in [5.74, 6) is -5.07. The molecule has 0 aliphatic carbocycles. The molecule has 1 fully saturated rings. The second-order valence-electron chi connectivity index (χ2n) is 6.35. The van der Waals surface area contributed by atoms with Gasteiger partial charge in [-0.15, -0.1) is 0 Å². The van der Waals surface area contributed by atoms with Crippen LogP contribution in [0.5, 0.6) is 5.75 Å². The summed E-state index contributed by atoms with van der Waals surface area (Å²) < 4.78 is 43.4. The summed E-state index contributed by atoms with van der Waals surface area (Å²) >= 11 is 6.34. The number of hydrogen-bond donors (Lipinski definition) is 3. The van der Waals surface area contributed by atoms with Crippen LogP contribution in [0.25, 0.3) is 16.7 Å². The highest BCUT2D eigenvalue weighted by molar-refractivity contribution is 6.38. The SMILES string of the molecule is Nc1nc(-n2cc(O)c(=O)c3cc(F)c(N4CC(O)C4)c(Cl)c32)c(F)cc1F. The molecule has 1 aromatic carbocycles. The molecule has 3 heterocycles. The number of halogens is 4. The number of anilines is 2. The minimum atomic E-state index is -1.14. The van der Waals surface area contributed by atoms with E-state index in [4.69, 9.17) is 17.3 Å². The highest BCUT2D eigenvalue weighted by atomic mass is 35.5. The van der Waals surface area contributed by atoms with Crippen molar-refractivity contribution >= 4 is 34.0 Å². The summed E-state index contributed by atoms with van der Waals surface area (Å²) in [5.41, 5.74) is 4.22. The van der Waals surface area contributed by atoms with Crippen LogP contribution in [-0.2, 0) is 0 Å². The van der Waals surface area contributed by atoms with Crippen molar-refractivity contribution < 1.29 is 23.4 Å². The van der Waals surface area contributed by atoms with Gasteiger partial charge in [0.15, 0.2) is 29.0 Å². The van der Waals surface area contributed by atoms with Crippen LogP contribution in [0.2, 0.25) is 5.02 Å². The number of aliphatic hydroxyl groups excluding tert-OH is 1. The van der Waals surface area contributed by atoms with Crippen molar-refractivity contribution in [3.63, 3.8) is 0 Å². The van der Waals surface area contributed by atoms with Crippen molar-refractivity contribution in [1.29, 1.82) is 0 Å². The Balaban J connectivity index is 2.10. The van der Waals surface area contributed by atoms with E-state index < -0.39 is 46.4 Å². The molecule has 7 nitrogen and oxygen atoms in total. The molecule has 0 saturated carbocycles. The second-order valence-corrected chi connectivity index (χ2v) is 6.73. The number of aliphatic hydroxyl groups is 1. The predicted molar refractivity (Wildman–Crippen MR) is 96.5 cm³/mol. The molecule has 0 bridgehead atoms. The van der Waals surface area contributed by atoms with Gasteiger partial charge in [0, 0.05) is 19.2 Å². The van der Waals surface area contributed by atoms with Gasteiger partial charge in [0.2, 0.25) is 5.43 Å². The second kappa shape index (κ2) is 6.28. The van der Waals surface area contributed by atoms with Gasteiger partial charge < -0.3 is 20.8 Å². The van der Waals surface area contributed by atoms with Crippen molar-refractivity contribution in [2.24, 2.45) is 0 Å². The molecular weight excluding hydrogens is 401 g/mol. The summed E-state index contributed by atoms with van der Waals surface area (Å²) in [7, 11) is 0. The molecule has 0 spiro atoms. The lowest BCUT2D eigenvalue weighted by Gasteiger charge is -2.38. The van der Waals surface area contributed by atoms with Crippen molar-refractivity contribution in [2.45, 2.75) is 6.10 Å². The molecule has 4 N–H and O–H groups in total. The zero-order valence-corrected chi connectivity index (χ0v) is 14.7. The Morgan fingerprint density at radius 1 is 1.18 bits per heavy atom. The van der Waals surface area contributed by atoms with Crippen LogP contribution in [-0.4, -0.2) is 39.0 Å². The van der Waals surface area contributed by atoms with Crippen LogP contribution in [0.15, 0.2) is 23.1 Å². The highest BCUT2D eigenvalue weighted by Gasteiger charge is 2.31. The molecule has 3 aromatic rings. The first-order chi connectivity index (χ1) is 13.2. The summed E-state index contributed by atoms with van der Waals surface area (Å²) in [4.78, 5) is 17.4. The molecule has 11 heteroatoms. The normalized spacial score (nSPS) is 14.5. The fourth-order valence-corrected chi connectivity index (χ4v) is 3.53. The lowest BCUT2D eigenvalue weighted by Crippen LogP contribution is -2.51. The Morgan fingerprint density at radius 3 is 2.50 bits per heavy atom. The number of rotatable bonds is 2. The van der Waals surface area contributed by atoms with E-state index in [2.05, 4.69) is 4.98 Å². The monoisotopic (exact) mass is 412 g/mol. The molecule has 0 amide bonds. The van der Waals surface area contributed by atoms with Crippen LogP contribution in [0, 0.1) is 17.5 Å². The summed E-state index contributed by atoms with van der Waals surface area (Å²) in [6.45, 7) is 0.223. The molecule has 1 saturated heterocycles. The third-order valence-electron chi connectivity index (χ3n) is 4.48. The molecule has 0 atom stereocenters. The quantitative estimate of drug-likeness (QED) is 0.594. The molecule has 2 aromatic heterocycles. The van der Waals surface area contributed by atoms with Gasteiger partial charge in [-0.2, -0.15) is 0 Å². The molecule has 4 rings (SSSR count). The number of aromatic nitrogens is 2. The van der Waals surface area contributed by atoms with E-state index >= 15 is 0 Å². The smallest absolute Gasteiger partial charge is 0.231 e. The molecule has 28 heavy (non-hydrogen) atoms. The number of benzene rings is 1. The van der Waals surface area contributed by atoms with Crippen LogP contribution in [0.3, 0.4) is 0 Å². The van der Waals surface area contributed by atoms with E-state index in [-0.39, 0.29) is 34.7 Å². The number of fused-ring (bicyclic) bond motifs is 1. The van der Waals surface area contributed by atoms with Gasteiger partial charge >= 0.3 is 0 Å². The third-order valence-corrected chi connectivity index (χ3v) is 4.84. The zero-order valence-electron chi connectivity index (χ0n) is 14.0. The van der Waals surface area contributed by atoms with Gasteiger partial charge in [-0.3, -0.25) is 9.36 Å². The number of nitrogen functional groups attached to an aromatic ring is 1. The Kier molecular flexibility index (Phi) is 4.12. The van der Waals surface area contributed by atoms with Gasteiger partial charge in [-0.25, -0.2) is 18.2 Å². The molecular formula is C17H12ClF3N4O3. The van der Waals surface area contributed by atoms with Crippen LogP contribution >= 0.6 is 11.6 Å². The number of β-amino-alcohol motifs (C(OH)–C–C–N with tert-alkyl or cyclic N) is 1. The zero-order chi connectivity index (χ0) is 20.3. The first-order valence-corrected chi connectivity index (χ1v) is 8.38. The molecule has 1 aliphatic rings. The van der Waals surface area contributed by atoms with E-state index in [0.717, 1.165) is 16.8 Å². The van der Waals surface area contributed by atoms with E-state index in [9.17, 15) is 28.2 Å². The maximum absolute atomic E-state index is 14.6. The van der Waals surface area contributed by atoms with Crippen molar-refractivity contribution in [3.05, 3.63) is 51.0 Å². The fourth-order valence-electron chi connectivity index (χ4n) is 3.13. The topological polar surface area (TPSA) is 105 Å². The van der Waals surface area contributed by atoms with E-state index in [1.807, 2.05) is 0 Å².